The number of carbonyl (C=O) groups is 1. The molecule has 0 bridgehead atoms. The Morgan fingerprint density at radius 2 is 1.33 bits per heavy atom. The van der Waals surface area contributed by atoms with Crippen molar-refractivity contribution >= 4 is 29.3 Å². The number of benzene rings is 2. The minimum absolute atomic E-state index is 0.0708. The number of phenolic OH excluding ortho intramolecular Hbond substituents is 2. The molecule has 0 spiro atoms. The van der Waals surface area contributed by atoms with E-state index in [0.717, 1.165) is 24.3 Å². The van der Waals surface area contributed by atoms with Gasteiger partial charge >= 0.3 is 11.4 Å². The van der Waals surface area contributed by atoms with Gasteiger partial charge in [0.25, 0.3) is 6.43 Å². The zero-order valence-electron chi connectivity index (χ0n) is 16.9. The standard InChI is InChI=1S/C21H17F2N3O7/c22-20(23)11-24-9-14(5-12-1-3-18(27)16(7-12)25(30)31)21(29)15(10-24)6-13-2-4-19(28)17(8-13)26(32)33/h1-8,20,27-28H,9-11H2. The monoisotopic (exact) mass is 461 g/mol. The Balaban J connectivity index is 2.03. The molecule has 2 aromatic rings. The van der Waals surface area contributed by atoms with Crippen LogP contribution in [0, 0.1) is 20.2 Å². The van der Waals surface area contributed by atoms with E-state index in [1.54, 1.807) is 0 Å². The molecule has 2 aromatic carbocycles. The second-order valence-corrected chi connectivity index (χ2v) is 7.24. The van der Waals surface area contributed by atoms with Crippen LogP contribution in [0.2, 0.25) is 0 Å². The number of hydrogen-bond acceptors (Lipinski definition) is 8. The average molecular weight is 461 g/mol. The first-order valence-corrected chi connectivity index (χ1v) is 9.46. The maximum Gasteiger partial charge on any atom is 0.311 e. The minimum atomic E-state index is -2.69. The van der Waals surface area contributed by atoms with Gasteiger partial charge in [0.15, 0.2) is 17.3 Å². The highest BCUT2D eigenvalue weighted by atomic mass is 19.3. The second-order valence-electron chi connectivity index (χ2n) is 7.24. The quantitative estimate of drug-likeness (QED) is 0.377. The summed E-state index contributed by atoms with van der Waals surface area (Å²) in [7, 11) is 0. The van der Waals surface area contributed by atoms with Gasteiger partial charge in [-0.05, 0) is 35.4 Å². The molecule has 1 saturated heterocycles. The Bertz CT molecular complexity index is 1110. The Labute approximate surface area is 185 Å². The lowest BCUT2D eigenvalue weighted by Crippen LogP contribution is -2.40. The predicted molar refractivity (Wildman–Crippen MR) is 113 cm³/mol. The maximum absolute atomic E-state index is 13.0. The number of piperidine rings is 1. The number of halogens is 2. The molecule has 10 nitrogen and oxygen atoms in total. The van der Waals surface area contributed by atoms with E-state index in [0.29, 0.717) is 0 Å². The van der Waals surface area contributed by atoms with Crippen molar-refractivity contribution in [3.63, 3.8) is 0 Å². The van der Waals surface area contributed by atoms with E-state index in [-0.39, 0.29) is 35.4 Å². The normalized spacial score (nSPS) is 17.1. The van der Waals surface area contributed by atoms with Gasteiger partial charge in [-0.15, -0.1) is 0 Å². The number of ketones is 1. The molecule has 1 aliphatic rings. The van der Waals surface area contributed by atoms with Crippen LogP contribution in [-0.4, -0.2) is 56.8 Å². The number of nitrogens with zero attached hydrogens (tertiary/aromatic N) is 3. The molecule has 1 heterocycles. The highest BCUT2D eigenvalue weighted by Gasteiger charge is 2.28. The summed E-state index contributed by atoms with van der Waals surface area (Å²) in [4.78, 5) is 34.8. The van der Waals surface area contributed by atoms with Gasteiger partial charge < -0.3 is 10.2 Å². The van der Waals surface area contributed by atoms with Gasteiger partial charge in [0.05, 0.1) is 16.4 Å². The molecule has 3 rings (SSSR count). The van der Waals surface area contributed by atoms with E-state index in [2.05, 4.69) is 0 Å². The highest BCUT2D eigenvalue weighted by Crippen LogP contribution is 2.30. The number of phenols is 2. The summed E-state index contributed by atoms with van der Waals surface area (Å²) in [5.74, 6) is -1.65. The van der Waals surface area contributed by atoms with Gasteiger partial charge in [0.2, 0.25) is 0 Å². The molecule has 33 heavy (non-hydrogen) atoms. The van der Waals surface area contributed by atoms with Gasteiger partial charge in [-0.3, -0.25) is 29.9 Å². The number of nitro benzene ring substituents is 2. The molecule has 0 aromatic heterocycles. The van der Waals surface area contributed by atoms with Crippen molar-refractivity contribution in [1.29, 1.82) is 0 Å². The maximum atomic E-state index is 13.0. The number of alkyl halides is 2. The largest absolute Gasteiger partial charge is 0.502 e. The lowest BCUT2D eigenvalue weighted by atomic mass is 9.94. The molecular formula is C21H17F2N3O7. The topological polar surface area (TPSA) is 147 Å². The van der Waals surface area contributed by atoms with Crippen molar-refractivity contribution in [1.82, 2.24) is 4.90 Å². The zero-order chi connectivity index (χ0) is 24.3. The molecule has 0 unspecified atom stereocenters. The summed E-state index contributed by atoms with van der Waals surface area (Å²) in [5.41, 5.74) is -0.598. The molecule has 0 amide bonds. The predicted octanol–water partition coefficient (Wildman–Crippen LogP) is 3.53. The van der Waals surface area contributed by atoms with Crippen LogP contribution in [0.25, 0.3) is 12.2 Å². The van der Waals surface area contributed by atoms with Crippen LogP contribution in [0.3, 0.4) is 0 Å². The van der Waals surface area contributed by atoms with Gasteiger partial charge in [0.1, 0.15) is 0 Å². The number of likely N-dealkylation sites (tertiary alicyclic amines) is 1. The summed E-state index contributed by atoms with van der Waals surface area (Å²) in [6, 6.07) is 6.94. The van der Waals surface area contributed by atoms with E-state index in [9.17, 15) is 44.0 Å². The van der Waals surface area contributed by atoms with Crippen molar-refractivity contribution < 1.29 is 33.6 Å². The average Bonchev–Trinajstić information content (AvgIpc) is 2.73. The summed E-state index contributed by atoms with van der Waals surface area (Å²) < 4.78 is 26.1. The molecule has 0 saturated carbocycles. The van der Waals surface area contributed by atoms with Gasteiger partial charge in [-0.1, -0.05) is 12.1 Å². The Hall–Kier alpha value is -4.19. The SMILES string of the molecule is O=C1C(=Cc2ccc(O)c([N+](=O)[O-])c2)CN(CC(F)F)CC1=Cc1ccc(O)c([N+](=O)[O-])c1. The van der Waals surface area contributed by atoms with Gasteiger partial charge in [-0.2, -0.15) is 0 Å². The van der Waals surface area contributed by atoms with Gasteiger partial charge in [0, 0.05) is 36.4 Å². The Kier molecular flexibility index (Phi) is 6.78. The fraction of sp³-hybridized carbons (Fsp3) is 0.190. The number of rotatable bonds is 6. The van der Waals surface area contributed by atoms with Crippen molar-refractivity contribution in [2.75, 3.05) is 19.6 Å². The van der Waals surface area contributed by atoms with Crippen LogP contribution in [-0.2, 0) is 4.79 Å². The molecule has 172 valence electrons. The third-order valence-corrected chi connectivity index (χ3v) is 4.84. The van der Waals surface area contributed by atoms with E-state index in [1.807, 2.05) is 0 Å². The van der Waals surface area contributed by atoms with Crippen LogP contribution in [0.15, 0.2) is 47.5 Å². The summed E-state index contributed by atoms with van der Waals surface area (Å²) >= 11 is 0. The van der Waals surface area contributed by atoms with Crippen molar-refractivity contribution in [2.45, 2.75) is 6.43 Å². The first-order valence-electron chi connectivity index (χ1n) is 9.46. The van der Waals surface area contributed by atoms with Gasteiger partial charge in [-0.25, -0.2) is 8.78 Å². The molecule has 1 fully saturated rings. The molecule has 0 atom stereocenters. The second kappa shape index (κ2) is 9.53. The number of Topliss-reactive ketones (excluding diaryl/α,β-unsaturated/α-hetero) is 1. The van der Waals surface area contributed by atoms with Crippen LogP contribution >= 0.6 is 0 Å². The highest BCUT2D eigenvalue weighted by molar-refractivity contribution is 6.14. The Morgan fingerprint density at radius 1 is 0.909 bits per heavy atom. The minimum Gasteiger partial charge on any atom is -0.502 e. The smallest absolute Gasteiger partial charge is 0.311 e. The fourth-order valence-corrected chi connectivity index (χ4v) is 3.39. The molecule has 12 heteroatoms. The number of nitro groups is 2. The van der Waals surface area contributed by atoms with Crippen molar-refractivity contribution in [3.8, 4) is 11.5 Å². The summed E-state index contributed by atoms with van der Waals surface area (Å²) in [6.07, 6.45) is -0.0795. The van der Waals surface area contributed by atoms with Crippen LogP contribution in [0.4, 0.5) is 20.2 Å². The van der Waals surface area contributed by atoms with E-state index >= 15 is 0 Å². The van der Waals surface area contributed by atoms with Crippen LogP contribution < -0.4 is 0 Å². The van der Waals surface area contributed by atoms with Crippen molar-refractivity contribution in [2.24, 2.45) is 0 Å². The Morgan fingerprint density at radius 3 is 1.70 bits per heavy atom. The lowest BCUT2D eigenvalue weighted by molar-refractivity contribution is -0.386. The van der Waals surface area contributed by atoms with Crippen LogP contribution in [0.1, 0.15) is 11.1 Å². The zero-order valence-corrected chi connectivity index (χ0v) is 16.9. The van der Waals surface area contributed by atoms with E-state index in [4.69, 9.17) is 0 Å². The van der Waals surface area contributed by atoms with E-state index in [1.165, 1.54) is 29.2 Å². The summed E-state index contributed by atoms with van der Waals surface area (Å²) in [6.45, 7) is -0.941. The summed E-state index contributed by atoms with van der Waals surface area (Å²) in [5, 5.41) is 41.3. The first-order chi connectivity index (χ1) is 15.5. The van der Waals surface area contributed by atoms with Crippen molar-refractivity contribution in [3.05, 3.63) is 78.9 Å². The fourth-order valence-electron chi connectivity index (χ4n) is 3.39. The molecule has 2 N–H and O–H groups in total. The third-order valence-electron chi connectivity index (χ3n) is 4.84. The first kappa shape index (κ1) is 23.5. The lowest BCUT2D eigenvalue weighted by Gasteiger charge is -2.29. The molecular weight excluding hydrogens is 444 g/mol. The number of aromatic hydroxyl groups is 2. The number of carbonyl (C=O) groups excluding carboxylic acids is 1. The molecule has 0 aliphatic carbocycles. The number of hydrogen-bond donors (Lipinski definition) is 2. The molecule has 0 radical (unpaired) electrons. The third kappa shape index (κ3) is 5.54. The van der Waals surface area contributed by atoms with Crippen LogP contribution in [0.5, 0.6) is 11.5 Å². The molecule has 1 aliphatic heterocycles. The van der Waals surface area contributed by atoms with E-state index < -0.39 is 51.5 Å².